The van der Waals surface area contributed by atoms with Crippen LogP contribution in [0.5, 0.6) is 0 Å². The van der Waals surface area contributed by atoms with Crippen molar-refractivity contribution in [2.45, 2.75) is 27.2 Å². The van der Waals surface area contributed by atoms with Crippen molar-refractivity contribution >= 4 is 16.6 Å². The van der Waals surface area contributed by atoms with Gasteiger partial charge in [-0.15, -0.1) is 0 Å². The highest BCUT2D eigenvalue weighted by Gasteiger charge is 2.12. The van der Waals surface area contributed by atoms with Crippen LogP contribution >= 0.6 is 0 Å². The second kappa shape index (κ2) is 5.95. The van der Waals surface area contributed by atoms with Gasteiger partial charge in [-0.05, 0) is 61.2 Å². The summed E-state index contributed by atoms with van der Waals surface area (Å²) < 4.78 is 7.19. The first-order valence-corrected chi connectivity index (χ1v) is 8.43. The number of rotatable bonds is 2. The topological polar surface area (TPSA) is 64.6 Å². The van der Waals surface area contributed by atoms with Crippen LogP contribution in [0.4, 0.5) is 0 Å². The molecule has 0 saturated carbocycles. The molecule has 0 atom stereocenters. The number of hydrogen-bond donors (Lipinski definition) is 0. The second-order valence-electron chi connectivity index (χ2n) is 6.76. The van der Waals surface area contributed by atoms with E-state index in [9.17, 15) is 9.59 Å². The number of pyridine rings is 1. The Hall–Kier alpha value is -3.21. The van der Waals surface area contributed by atoms with Crippen molar-refractivity contribution in [3.8, 4) is 0 Å². The van der Waals surface area contributed by atoms with Gasteiger partial charge in [-0.3, -0.25) is 4.79 Å². The lowest BCUT2D eigenvalue weighted by Crippen LogP contribution is -2.16. The van der Waals surface area contributed by atoms with Crippen LogP contribution in [0.1, 0.15) is 27.8 Å². The highest BCUT2D eigenvalue weighted by atomic mass is 16.4. The molecule has 0 spiro atoms. The zero-order chi connectivity index (χ0) is 18.4. The quantitative estimate of drug-likeness (QED) is 0.522. The van der Waals surface area contributed by atoms with Crippen molar-refractivity contribution in [3.05, 3.63) is 91.3 Å². The average Bonchev–Trinajstić information content (AvgIpc) is 2.54. The summed E-state index contributed by atoms with van der Waals surface area (Å²) in [6.45, 7) is 5.90. The minimum Gasteiger partial charge on any atom is -0.423 e. The third kappa shape index (κ3) is 2.81. The Morgan fingerprint density at radius 3 is 2.62 bits per heavy atom. The number of hydrogen-bond acceptors (Lipinski definition) is 4. The molecular formula is C21H18N2O3. The van der Waals surface area contributed by atoms with Gasteiger partial charge in [-0.1, -0.05) is 6.07 Å². The summed E-state index contributed by atoms with van der Waals surface area (Å²) in [7, 11) is 0. The number of aromatic nitrogens is 2. The minimum atomic E-state index is -0.415. The molecule has 3 heterocycles. The van der Waals surface area contributed by atoms with Crippen molar-refractivity contribution in [3.63, 3.8) is 0 Å². The molecule has 0 unspecified atom stereocenters. The molecule has 26 heavy (non-hydrogen) atoms. The lowest BCUT2D eigenvalue weighted by molar-refractivity contribution is 0.559. The van der Waals surface area contributed by atoms with Crippen LogP contribution in [0.25, 0.3) is 16.6 Å². The van der Waals surface area contributed by atoms with E-state index in [1.54, 1.807) is 6.20 Å². The molecule has 0 saturated heterocycles. The van der Waals surface area contributed by atoms with Gasteiger partial charge in [0.1, 0.15) is 11.2 Å². The van der Waals surface area contributed by atoms with Gasteiger partial charge in [0, 0.05) is 35.8 Å². The van der Waals surface area contributed by atoms with Crippen LogP contribution in [0.3, 0.4) is 0 Å². The van der Waals surface area contributed by atoms with E-state index in [2.05, 4.69) is 4.98 Å². The van der Waals surface area contributed by atoms with Gasteiger partial charge in [-0.2, -0.15) is 4.98 Å². The maximum atomic E-state index is 12.5. The van der Waals surface area contributed by atoms with E-state index < -0.39 is 5.63 Å². The van der Waals surface area contributed by atoms with Gasteiger partial charge in [0.25, 0.3) is 5.56 Å². The fourth-order valence-corrected chi connectivity index (χ4v) is 3.44. The normalized spacial score (nSPS) is 11.3. The molecule has 0 bridgehead atoms. The van der Waals surface area contributed by atoms with Crippen molar-refractivity contribution in [1.82, 2.24) is 9.38 Å². The van der Waals surface area contributed by atoms with Crippen molar-refractivity contribution in [1.29, 1.82) is 0 Å². The monoisotopic (exact) mass is 346 g/mol. The Bertz CT molecular complexity index is 1280. The Morgan fingerprint density at radius 2 is 1.81 bits per heavy atom. The van der Waals surface area contributed by atoms with Gasteiger partial charge < -0.3 is 8.82 Å². The molecule has 0 N–H and O–H groups in total. The minimum absolute atomic E-state index is 0.276. The molecule has 130 valence electrons. The predicted molar refractivity (Wildman–Crippen MR) is 101 cm³/mol. The van der Waals surface area contributed by atoms with Gasteiger partial charge in [0.15, 0.2) is 0 Å². The molecule has 5 nitrogen and oxygen atoms in total. The van der Waals surface area contributed by atoms with Gasteiger partial charge in [-0.25, -0.2) is 4.79 Å². The third-order valence-electron chi connectivity index (χ3n) is 4.55. The van der Waals surface area contributed by atoms with Gasteiger partial charge in [0.05, 0.1) is 0 Å². The molecule has 0 amide bonds. The molecule has 4 rings (SSSR count). The summed E-state index contributed by atoms with van der Waals surface area (Å²) in [5, 5.41) is 0.878. The Labute approximate surface area is 149 Å². The highest BCUT2D eigenvalue weighted by molar-refractivity contribution is 5.84. The van der Waals surface area contributed by atoms with Crippen LogP contribution in [0.15, 0.2) is 56.7 Å². The second-order valence-corrected chi connectivity index (χ2v) is 6.76. The Balaban J connectivity index is 1.91. The fraction of sp³-hybridized carbons (Fsp3) is 0.190. The van der Waals surface area contributed by atoms with Crippen molar-refractivity contribution in [2.24, 2.45) is 0 Å². The lowest BCUT2D eigenvalue weighted by atomic mass is 9.98. The molecule has 5 heteroatoms. The zero-order valence-corrected chi connectivity index (χ0v) is 14.9. The van der Waals surface area contributed by atoms with Crippen LogP contribution in [0.2, 0.25) is 0 Å². The number of nitrogens with zero attached hydrogens (tertiary/aromatic N) is 2. The number of fused-ring (bicyclic) bond motifs is 2. The molecule has 0 aliphatic heterocycles. The van der Waals surface area contributed by atoms with E-state index in [0.29, 0.717) is 23.2 Å². The highest BCUT2D eigenvalue weighted by Crippen LogP contribution is 2.24. The number of benzene rings is 1. The van der Waals surface area contributed by atoms with E-state index in [1.165, 1.54) is 6.07 Å². The fourth-order valence-electron chi connectivity index (χ4n) is 3.44. The summed E-state index contributed by atoms with van der Waals surface area (Å²) in [4.78, 5) is 28.6. The van der Waals surface area contributed by atoms with Crippen LogP contribution < -0.4 is 11.2 Å². The first kappa shape index (κ1) is 16.3. The maximum absolute atomic E-state index is 12.5. The molecule has 4 aromatic rings. The van der Waals surface area contributed by atoms with Crippen LogP contribution in [0, 0.1) is 20.8 Å². The summed E-state index contributed by atoms with van der Waals surface area (Å²) in [6.07, 6.45) is 4.00. The molecule has 1 aromatic carbocycles. The molecular weight excluding hydrogens is 328 g/mol. The molecule has 3 aromatic heterocycles. The van der Waals surface area contributed by atoms with E-state index >= 15 is 0 Å². The Kier molecular flexibility index (Phi) is 3.72. The zero-order valence-electron chi connectivity index (χ0n) is 14.9. The first-order chi connectivity index (χ1) is 12.4. The number of aryl methyl sites for hydroxylation is 3. The Morgan fingerprint density at radius 1 is 1.00 bits per heavy atom. The largest absolute Gasteiger partial charge is 0.423 e. The standard InChI is InChI=1S/C21H18N2O3/c1-12-4-5-23-11-16(21(25)22-18(23)8-12)9-15-10-19(24)26-17-7-13(2)6-14(3)20(15)17/h4-8,10-11H,9H2,1-3H3. The average molecular weight is 346 g/mol. The molecule has 0 aliphatic carbocycles. The van der Waals surface area contributed by atoms with Gasteiger partial charge in [0.2, 0.25) is 0 Å². The van der Waals surface area contributed by atoms with Crippen LogP contribution in [-0.4, -0.2) is 9.38 Å². The van der Waals surface area contributed by atoms with E-state index in [1.807, 2.05) is 55.6 Å². The SMILES string of the molecule is Cc1cc(C)c2c(Cc3cn4ccc(C)cc4nc3=O)cc(=O)oc2c1. The van der Waals surface area contributed by atoms with E-state index in [0.717, 1.165) is 27.6 Å². The smallest absolute Gasteiger partial charge is 0.336 e. The maximum Gasteiger partial charge on any atom is 0.336 e. The molecule has 0 fully saturated rings. The summed E-state index contributed by atoms with van der Waals surface area (Å²) in [5.74, 6) is 0. The first-order valence-electron chi connectivity index (χ1n) is 8.43. The lowest BCUT2D eigenvalue weighted by Gasteiger charge is -2.10. The summed E-state index contributed by atoms with van der Waals surface area (Å²) in [6, 6.07) is 9.18. The van der Waals surface area contributed by atoms with E-state index in [-0.39, 0.29) is 5.56 Å². The third-order valence-corrected chi connectivity index (χ3v) is 4.55. The predicted octanol–water partition coefficient (Wildman–Crippen LogP) is 3.32. The van der Waals surface area contributed by atoms with Crippen molar-refractivity contribution < 1.29 is 4.42 Å². The summed E-state index contributed by atoms with van der Waals surface area (Å²) in [5.41, 5.74) is 4.88. The summed E-state index contributed by atoms with van der Waals surface area (Å²) >= 11 is 0. The van der Waals surface area contributed by atoms with Crippen molar-refractivity contribution in [2.75, 3.05) is 0 Å². The van der Waals surface area contributed by atoms with Gasteiger partial charge >= 0.3 is 5.63 Å². The van der Waals surface area contributed by atoms with Crippen LogP contribution in [-0.2, 0) is 6.42 Å². The molecule has 0 aliphatic rings. The molecule has 0 radical (unpaired) electrons. The van der Waals surface area contributed by atoms with E-state index in [4.69, 9.17) is 4.42 Å².